The molecule has 0 spiro atoms. The summed E-state index contributed by atoms with van der Waals surface area (Å²) in [5.41, 5.74) is 0. The second-order valence-electron chi connectivity index (χ2n) is 2.97. The molecule has 0 aliphatic carbocycles. The molecule has 1 aliphatic heterocycles. The Morgan fingerprint density at radius 3 is 3.09 bits per heavy atom. The predicted octanol–water partition coefficient (Wildman–Crippen LogP) is 3.19. The quantitative estimate of drug-likeness (QED) is 0.490. The monoisotopic (exact) mass is 186 g/mol. The van der Waals surface area contributed by atoms with Gasteiger partial charge in [0.1, 0.15) is 0 Å². The van der Waals surface area contributed by atoms with Crippen molar-refractivity contribution in [2.75, 3.05) is 5.75 Å². The first-order valence-corrected chi connectivity index (χ1v) is 6.44. The van der Waals surface area contributed by atoms with E-state index in [2.05, 4.69) is 12.8 Å². The van der Waals surface area contributed by atoms with Crippen molar-refractivity contribution in [1.29, 1.82) is 0 Å². The predicted molar refractivity (Wildman–Crippen MR) is 55.7 cm³/mol. The molecule has 0 aromatic carbocycles. The third-order valence-electron chi connectivity index (χ3n) is 2.06. The molecule has 0 aromatic heterocycles. The van der Waals surface area contributed by atoms with Gasteiger partial charge in [0.05, 0.1) is 0 Å². The second-order valence-corrected chi connectivity index (χ2v) is 5.69. The normalized spacial score (nSPS) is 26.4. The highest BCUT2D eigenvalue weighted by Crippen LogP contribution is 2.42. The lowest BCUT2D eigenvalue weighted by Gasteiger charge is -2.15. The maximum atomic E-state index is 5.21. The van der Waals surface area contributed by atoms with Crippen LogP contribution in [0.1, 0.15) is 26.2 Å². The topological polar surface area (TPSA) is 0 Å². The number of hydrogen-bond donors (Lipinski definition) is 0. The molecule has 1 heterocycles. The van der Waals surface area contributed by atoms with Gasteiger partial charge in [-0.05, 0) is 18.8 Å². The summed E-state index contributed by atoms with van der Waals surface area (Å²) in [5, 5.41) is 0.869. The highest BCUT2D eigenvalue weighted by atomic mass is 33.1. The van der Waals surface area contributed by atoms with Crippen LogP contribution in [0.25, 0.3) is 0 Å². The molecule has 0 amide bonds. The van der Waals surface area contributed by atoms with E-state index in [1.807, 2.05) is 21.6 Å². The zero-order chi connectivity index (χ0) is 8.10. The summed E-state index contributed by atoms with van der Waals surface area (Å²) in [6.45, 7) is 2.32. The van der Waals surface area contributed by atoms with Crippen LogP contribution in [0.4, 0.5) is 0 Å². The largest absolute Gasteiger partial charge is 0.120 e. The minimum absolute atomic E-state index is 0.811. The highest BCUT2D eigenvalue weighted by Gasteiger charge is 2.21. The maximum Gasteiger partial charge on any atom is 0.0185 e. The molecule has 0 saturated carbocycles. The molecule has 0 radical (unpaired) electrons. The molecule has 1 rings (SSSR count). The van der Waals surface area contributed by atoms with Crippen LogP contribution in [-0.4, -0.2) is 11.0 Å². The standard InChI is InChI=1S/C9H14S2/c1-3-4-5-8(2)9-6-7-10-11-9/h1,8-9H,4-7H2,2H3. The molecular formula is C9H14S2. The van der Waals surface area contributed by atoms with Crippen molar-refractivity contribution in [2.45, 2.75) is 31.4 Å². The van der Waals surface area contributed by atoms with E-state index < -0.39 is 0 Å². The first-order valence-electron chi connectivity index (χ1n) is 4.06. The van der Waals surface area contributed by atoms with Gasteiger partial charge in [-0.2, -0.15) is 0 Å². The average Bonchev–Trinajstić information content (AvgIpc) is 2.52. The number of rotatable bonds is 3. The molecule has 11 heavy (non-hydrogen) atoms. The van der Waals surface area contributed by atoms with Crippen molar-refractivity contribution in [3.8, 4) is 12.3 Å². The van der Waals surface area contributed by atoms with Crippen molar-refractivity contribution in [3.05, 3.63) is 0 Å². The lowest BCUT2D eigenvalue weighted by molar-refractivity contribution is 0.514. The third kappa shape index (κ3) is 3.01. The van der Waals surface area contributed by atoms with Crippen molar-refractivity contribution in [1.82, 2.24) is 0 Å². The Hall–Kier alpha value is 0.260. The van der Waals surface area contributed by atoms with Crippen LogP contribution >= 0.6 is 21.6 Å². The van der Waals surface area contributed by atoms with Gasteiger partial charge >= 0.3 is 0 Å². The van der Waals surface area contributed by atoms with Gasteiger partial charge in [0, 0.05) is 17.4 Å². The molecule has 1 saturated heterocycles. The van der Waals surface area contributed by atoms with E-state index in [-0.39, 0.29) is 0 Å². The zero-order valence-electron chi connectivity index (χ0n) is 6.88. The van der Waals surface area contributed by atoms with Gasteiger partial charge in [0.25, 0.3) is 0 Å². The van der Waals surface area contributed by atoms with Crippen molar-refractivity contribution >= 4 is 21.6 Å². The van der Waals surface area contributed by atoms with Gasteiger partial charge in [-0.25, -0.2) is 0 Å². The second kappa shape index (κ2) is 5.00. The fourth-order valence-corrected chi connectivity index (χ4v) is 4.49. The van der Waals surface area contributed by atoms with E-state index in [0.29, 0.717) is 0 Å². The summed E-state index contributed by atoms with van der Waals surface area (Å²) < 4.78 is 0. The molecule has 62 valence electrons. The Labute approximate surface area is 77.3 Å². The molecule has 0 nitrogen and oxygen atoms in total. The SMILES string of the molecule is C#CCCC(C)C1CCSS1. The fourth-order valence-electron chi connectivity index (χ4n) is 1.22. The molecule has 2 heteroatoms. The first-order chi connectivity index (χ1) is 5.34. The number of hydrogen-bond acceptors (Lipinski definition) is 2. The summed E-state index contributed by atoms with van der Waals surface area (Å²) in [6, 6.07) is 0. The zero-order valence-corrected chi connectivity index (χ0v) is 8.51. The minimum Gasteiger partial charge on any atom is -0.120 e. The van der Waals surface area contributed by atoms with Crippen molar-refractivity contribution in [2.24, 2.45) is 5.92 Å². The number of terminal acetylenes is 1. The Balaban J connectivity index is 2.18. The Morgan fingerprint density at radius 1 is 1.73 bits per heavy atom. The Morgan fingerprint density at radius 2 is 2.55 bits per heavy atom. The van der Waals surface area contributed by atoms with Gasteiger partial charge in [0.2, 0.25) is 0 Å². The average molecular weight is 186 g/mol. The molecule has 2 atom stereocenters. The summed E-state index contributed by atoms with van der Waals surface area (Å²) in [5.74, 6) is 4.85. The fraction of sp³-hybridized carbons (Fsp3) is 0.778. The summed E-state index contributed by atoms with van der Waals surface area (Å²) >= 11 is 0. The van der Waals surface area contributed by atoms with Gasteiger partial charge < -0.3 is 0 Å². The van der Waals surface area contributed by atoms with Gasteiger partial charge in [-0.1, -0.05) is 28.5 Å². The Bertz CT molecular complexity index is 142. The maximum absolute atomic E-state index is 5.21. The van der Waals surface area contributed by atoms with Gasteiger partial charge in [-0.3, -0.25) is 0 Å². The van der Waals surface area contributed by atoms with Crippen LogP contribution in [0, 0.1) is 18.3 Å². The van der Waals surface area contributed by atoms with Crippen molar-refractivity contribution < 1.29 is 0 Å². The van der Waals surface area contributed by atoms with Crippen LogP contribution in [-0.2, 0) is 0 Å². The summed E-state index contributed by atoms with van der Waals surface area (Å²) in [4.78, 5) is 0. The van der Waals surface area contributed by atoms with Crippen LogP contribution in [0.2, 0.25) is 0 Å². The Kier molecular flexibility index (Phi) is 4.25. The van der Waals surface area contributed by atoms with Crippen LogP contribution in [0.3, 0.4) is 0 Å². The van der Waals surface area contributed by atoms with E-state index in [1.165, 1.54) is 18.6 Å². The van der Waals surface area contributed by atoms with Gasteiger partial charge in [-0.15, -0.1) is 12.3 Å². The van der Waals surface area contributed by atoms with Crippen molar-refractivity contribution in [3.63, 3.8) is 0 Å². The molecule has 0 aromatic rings. The van der Waals surface area contributed by atoms with Crippen LogP contribution < -0.4 is 0 Å². The van der Waals surface area contributed by atoms with Crippen LogP contribution in [0.15, 0.2) is 0 Å². The minimum atomic E-state index is 0.811. The highest BCUT2D eigenvalue weighted by molar-refractivity contribution is 8.77. The van der Waals surface area contributed by atoms with Gasteiger partial charge in [0.15, 0.2) is 0 Å². The molecule has 1 fully saturated rings. The third-order valence-corrected chi connectivity index (χ3v) is 5.19. The van der Waals surface area contributed by atoms with E-state index >= 15 is 0 Å². The molecular weight excluding hydrogens is 172 g/mol. The summed E-state index contributed by atoms with van der Waals surface area (Å²) in [6.07, 6.45) is 8.74. The molecule has 1 aliphatic rings. The van der Waals surface area contributed by atoms with E-state index in [0.717, 1.165) is 17.6 Å². The van der Waals surface area contributed by atoms with Crippen LogP contribution in [0.5, 0.6) is 0 Å². The molecule has 0 N–H and O–H groups in total. The van der Waals surface area contributed by atoms with E-state index in [1.54, 1.807) is 0 Å². The molecule has 2 unspecified atom stereocenters. The smallest absolute Gasteiger partial charge is 0.0185 e. The van der Waals surface area contributed by atoms with E-state index in [4.69, 9.17) is 6.42 Å². The first kappa shape index (κ1) is 9.35. The summed E-state index contributed by atoms with van der Waals surface area (Å²) in [7, 11) is 4.06. The van der Waals surface area contributed by atoms with E-state index in [9.17, 15) is 0 Å². The molecule has 0 bridgehead atoms. The lowest BCUT2D eigenvalue weighted by Crippen LogP contribution is -2.10. The lowest BCUT2D eigenvalue weighted by atomic mass is 10.00.